The molecule has 0 saturated heterocycles. The first-order chi connectivity index (χ1) is 9.04. The zero-order chi connectivity index (χ0) is 13.8. The molecule has 0 atom stereocenters. The first-order valence-corrected chi connectivity index (χ1v) is 5.92. The van der Waals surface area contributed by atoms with Crippen molar-refractivity contribution in [2.24, 2.45) is 0 Å². The molecule has 2 aromatic rings. The van der Waals surface area contributed by atoms with Crippen molar-refractivity contribution in [2.45, 2.75) is 27.3 Å². The van der Waals surface area contributed by atoms with Crippen molar-refractivity contribution in [3.8, 4) is 0 Å². The maximum absolute atomic E-state index is 11.9. The molecule has 0 aromatic carbocycles. The van der Waals surface area contributed by atoms with Gasteiger partial charge in [-0.3, -0.25) is 4.79 Å². The molecule has 0 saturated carbocycles. The molecule has 1 amide bonds. The molecule has 2 heterocycles. The van der Waals surface area contributed by atoms with Gasteiger partial charge in [-0.25, -0.2) is 19.9 Å². The lowest BCUT2D eigenvalue weighted by molar-refractivity contribution is 0.0949. The van der Waals surface area contributed by atoms with E-state index in [1.807, 2.05) is 19.9 Å². The second-order valence-corrected chi connectivity index (χ2v) is 4.27. The van der Waals surface area contributed by atoms with Crippen LogP contribution >= 0.6 is 0 Å². The molecule has 6 nitrogen and oxygen atoms in total. The molecule has 0 fully saturated rings. The Labute approximate surface area is 111 Å². The molecule has 0 bridgehead atoms. The van der Waals surface area contributed by atoms with Crippen LogP contribution in [0.1, 0.15) is 33.4 Å². The van der Waals surface area contributed by atoms with E-state index in [9.17, 15) is 4.79 Å². The van der Waals surface area contributed by atoms with Crippen molar-refractivity contribution < 1.29 is 4.79 Å². The molecule has 2 aromatic heterocycles. The van der Waals surface area contributed by atoms with Gasteiger partial charge in [0.2, 0.25) is 0 Å². The van der Waals surface area contributed by atoms with Crippen LogP contribution in [0.2, 0.25) is 0 Å². The topological polar surface area (TPSA) is 80.7 Å². The first kappa shape index (κ1) is 13.1. The molecule has 0 unspecified atom stereocenters. The average molecular weight is 257 g/mol. The van der Waals surface area contributed by atoms with Crippen molar-refractivity contribution in [3.05, 3.63) is 47.1 Å². The van der Waals surface area contributed by atoms with Crippen LogP contribution in [0.4, 0.5) is 0 Å². The molecular formula is C13H15N5O. The van der Waals surface area contributed by atoms with Gasteiger partial charge in [-0.2, -0.15) is 0 Å². The average Bonchev–Trinajstić information content (AvgIpc) is 2.36. The van der Waals surface area contributed by atoms with Gasteiger partial charge in [-0.05, 0) is 26.8 Å². The second-order valence-electron chi connectivity index (χ2n) is 4.27. The highest BCUT2D eigenvalue weighted by Crippen LogP contribution is 2.00. The summed E-state index contributed by atoms with van der Waals surface area (Å²) in [4.78, 5) is 28.3. The van der Waals surface area contributed by atoms with Gasteiger partial charge in [0.1, 0.15) is 11.6 Å². The highest BCUT2D eigenvalue weighted by Gasteiger charge is 2.07. The normalized spacial score (nSPS) is 10.3. The van der Waals surface area contributed by atoms with Crippen molar-refractivity contribution in [1.29, 1.82) is 0 Å². The Morgan fingerprint density at radius 2 is 1.68 bits per heavy atom. The predicted octanol–water partition coefficient (Wildman–Crippen LogP) is 1.12. The summed E-state index contributed by atoms with van der Waals surface area (Å²) >= 11 is 0. The summed E-state index contributed by atoms with van der Waals surface area (Å²) in [5, 5.41) is 2.75. The Morgan fingerprint density at radius 1 is 1.11 bits per heavy atom. The third-order valence-electron chi connectivity index (χ3n) is 2.48. The molecule has 0 aliphatic carbocycles. The Morgan fingerprint density at radius 3 is 2.26 bits per heavy atom. The summed E-state index contributed by atoms with van der Waals surface area (Å²) in [6.07, 6.45) is 3.00. The van der Waals surface area contributed by atoms with Gasteiger partial charge < -0.3 is 5.32 Å². The summed E-state index contributed by atoms with van der Waals surface area (Å²) in [6, 6.07) is 1.89. The molecule has 1 N–H and O–H groups in total. The molecule has 0 radical (unpaired) electrons. The van der Waals surface area contributed by atoms with E-state index in [0.717, 1.165) is 11.4 Å². The van der Waals surface area contributed by atoms with E-state index < -0.39 is 0 Å². The quantitative estimate of drug-likeness (QED) is 0.891. The van der Waals surface area contributed by atoms with E-state index in [1.54, 1.807) is 6.92 Å². The number of aromatic nitrogens is 4. The fraction of sp³-hybridized carbons (Fsp3) is 0.308. The monoisotopic (exact) mass is 257 g/mol. The summed E-state index contributed by atoms with van der Waals surface area (Å²) in [7, 11) is 0. The molecule has 0 spiro atoms. The maximum atomic E-state index is 11.9. The zero-order valence-electron chi connectivity index (χ0n) is 11.1. The standard InChI is InChI=1S/C13H15N5O/c1-8-4-9(2)18-12(17-8)7-16-13(19)11-5-14-10(3)15-6-11/h4-6H,7H2,1-3H3,(H,16,19). The maximum Gasteiger partial charge on any atom is 0.254 e. The van der Waals surface area contributed by atoms with Crippen LogP contribution < -0.4 is 5.32 Å². The third kappa shape index (κ3) is 3.54. The number of carbonyl (C=O) groups is 1. The van der Waals surface area contributed by atoms with E-state index in [4.69, 9.17) is 0 Å². The van der Waals surface area contributed by atoms with Gasteiger partial charge in [0.05, 0.1) is 12.1 Å². The van der Waals surface area contributed by atoms with Gasteiger partial charge in [0.25, 0.3) is 5.91 Å². The highest BCUT2D eigenvalue weighted by molar-refractivity contribution is 5.93. The van der Waals surface area contributed by atoms with Crippen molar-refractivity contribution in [2.75, 3.05) is 0 Å². The van der Waals surface area contributed by atoms with Crippen LogP contribution in [-0.2, 0) is 6.54 Å². The number of hydrogen-bond acceptors (Lipinski definition) is 5. The van der Waals surface area contributed by atoms with E-state index in [1.165, 1.54) is 12.4 Å². The predicted molar refractivity (Wildman–Crippen MR) is 69.4 cm³/mol. The third-order valence-corrected chi connectivity index (χ3v) is 2.48. The number of nitrogens with one attached hydrogen (secondary N) is 1. The lowest BCUT2D eigenvalue weighted by Gasteiger charge is -2.05. The number of hydrogen-bond donors (Lipinski definition) is 1. The fourth-order valence-corrected chi connectivity index (χ4v) is 1.65. The van der Waals surface area contributed by atoms with E-state index in [2.05, 4.69) is 25.3 Å². The van der Waals surface area contributed by atoms with Gasteiger partial charge in [-0.15, -0.1) is 0 Å². The minimum atomic E-state index is -0.234. The largest absolute Gasteiger partial charge is 0.345 e. The van der Waals surface area contributed by atoms with Gasteiger partial charge in [-0.1, -0.05) is 0 Å². The fourth-order valence-electron chi connectivity index (χ4n) is 1.65. The smallest absolute Gasteiger partial charge is 0.254 e. The van der Waals surface area contributed by atoms with Crippen LogP contribution in [0, 0.1) is 20.8 Å². The number of rotatable bonds is 3. The number of aryl methyl sites for hydroxylation is 3. The zero-order valence-corrected chi connectivity index (χ0v) is 11.1. The minimum absolute atomic E-state index is 0.234. The van der Waals surface area contributed by atoms with Gasteiger partial charge >= 0.3 is 0 Å². The summed E-state index contributed by atoms with van der Waals surface area (Å²) in [5.74, 6) is 0.996. The van der Waals surface area contributed by atoms with Crippen molar-refractivity contribution in [1.82, 2.24) is 25.3 Å². The summed E-state index contributed by atoms with van der Waals surface area (Å²) in [6.45, 7) is 5.85. The van der Waals surface area contributed by atoms with Gasteiger partial charge in [0.15, 0.2) is 0 Å². The molecule has 0 aliphatic heterocycles. The molecule has 98 valence electrons. The van der Waals surface area contributed by atoms with Crippen molar-refractivity contribution in [3.63, 3.8) is 0 Å². The van der Waals surface area contributed by atoms with Gasteiger partial charge in [0, 0.05) is 23.8 Å². The van der Waals surface area contributed by atoms with E-state index in [0.29, 0.717) is 17.2 Å². The Kier molecular flexibility index (Phi) is 3.79. The van der Waals surface area contributed by atoms with Crippen LogP contribution in [0.15, 0.2) is 18.5 Å². The van der Waals surface area contributed by atoms with E-state index in [-0.39, 0.29) is 12.5 Å². The summed E-state index contributed by atoms with van der Waals surface area (Å²) in [5.41, 5.74) is 2.20. The molecule has 2 rings (SSSR count). The molecule has 6 heteroatoms. The number of nitrogens with zero attached hydrogens (tertiary/aromatic N) is 4. The van der Waals surface area contributed by atoms with Crippen molar-refractivity contribution >= 4 is 5.91 Å². The summed E-state index contributed by atoms with van der Waals surface area (Å²) < 4.78 is 0. The Hall–Kier alpha value is -2.37. The number of amides is 1. The number of carbonyl (C=O) groups excluding carboxylic acids is 1. The lowest BCUT2D eigenvalue weighted by atomic mass is 10.3. The van der Waals surface area contributed by atoms with Crippen LogP contribution in [-0.4, -0.2) is 25.8 Å². The Balaban J connectivity index is 2.02. The molecule has 0 aliphatic rings. The molecular weight excluding hydrogens is 242 g/mol. The van der Waals surface area contributed by atoms with Crippen LogP contribution in [0.5, 0.6) is 0 Å². The first-order valence-electron chi connectivity index (χ1n) is 5.92. The SMILES string of the molecule is Cc1cc(C)nc(CNC(=O)c2cnc(C)nc2)n1. The van der Waals surface area contributed by atoms with E-state index >= 15 is 0 Å². The highest BCUT2D eigenvalue weighted by atomic mass is 16.1. The lowest BCUT2D eigenvalue weighted by Crippen LogP contribution is -2.24. The second kappa shape index (κ2) is 5.51. The Bertz CT molecular complexity index is 574. The molecule has 19 heavy (non-hydrogen) atoms. The van der Waals surface area contributed by atoms with Crippen LogP contribution in [0.3, 0.4) is 0 Å². The van der Waals surface area contributed by atoms with Crippen LogP contribution in [0.25, 0.3) is 0 Å². The minimum Gasteiger partial charge on any atom is -0.345 e.